The summed E-state index contributed by atoms with van der Waals surface area (Å²) in [4.78, 5) is 35.1. The molecule has 152 valence electrons. The van der Waals surface area contributed by atoms with Gasteiger partial charge in [0.05, 0.1) is 0 Å². The molecule has 3 heterocycles. The van der Waals surface area contributed by atoms with E-state index in [2.05, 4.69) is 35.1 Å². The first-order valence-electron chi connectivity index (χ1n) is 9.92. The summed E-state index contributed by atoms with van der Waals surface area (Å²) in [6.07, 6.45) is 3.79. The molecule has 0 spiro atoms. The molecule has 4 rings (SSSR count). The average Bonchev–Trinajstić information content (AvgIpc) is 3.32. The summed E-state index contributed by atoms with van der Waals surface area (Å²) < 4.78 is 0. The largest absolute Gasteiger partial charge is 0.335 e. The Hall–Kier alpha value is -3.25. The molecule has 3 aromatic rings. The zero-order valence-electron chi connectivity index (χ0n) is 16.6. The predicted molar refractivity (Wildman–Crippen MR) is 119 cm³/mol. The van der Waals surface area contributed by atoms with Gasteiger partial charge < -0.3 is 9.80 Å². The van der Waals surface area contributed by atoms with Crippen molar-refractivity contribution in [3.8, 4) is 10.4 Å². The van der Waals surface area contributed by atoms with E-state index in [0.29, 0.717) is 31.7 Å². The first kappa shape index (κ1) is 20.0. The fraction of sp³-hybridized carbons (Fsp3) is 0.208. The second kappa shape index (κ2) is 9.05. The molecule has 0 radical (unpaired) electrons. The number of rotatable bonds is 6. The molecule has 5 nitrogen and oxygen atoms in total. The van der Waals surface area contributed by atoms with Crippen molar-refractivity contribution in [2.75, 3.05) is 19.6 Å². The zero-order valence-corrected chi connectivity index (χ0v) is 17.4. The Morgan fingerprint density at radius 1 is 1.13 bits per heavy atom. The molecule has 2 aromatic heterocycles. The lowest BCUT2D eigenvalue weighted by molar-refractivity contribution is -0.139. The Morgan fingerprint density at radius 3 is 2.63 bits per heavy atom. The summed E-state index contributed by atoms with van der Waals surface area (Å²) in [5.74, 6) is -0.254. The Balaban J connectivity index is 1.58. The molecule has 0 saturated carbocycles. The molecular formula is C24H23N3O2S. The van der Waals surface area contributed by atoms with Crippen molar-refractivity contribution < 1.29 is 9.59 Å². The molecule has 0 N–H and O–H groups in total. The van der Waals surface area contributed by atoms with Crippen LogP contribution in [0.3, 0.4) is 0 Å². The summed E-state index contributed by atoms with van der Waals surface area (Å²) >= 11 is 1.70. The van der Waals surface area contributed by atoms with E-state index in [0.717, 1.165) is 11.1 Å². The number of aromatic nitrogens is 1. The molecule has 1 fully saturated rings. The van der Waals surface area contributed by atoms with Gasteiger partial charge in [0.2, 0.25) is 5.91 Å². The third-order valence-corrected chi connectivity index (χ3v) is 6.19. The second-order valence-electron chi connectivity index (χ2n) is 7.18. The third kappa shape index (κ3) is 4.19. The van der Waals surface area contributed by atoms with Gasteiger partial charge in [0.25, 0.3) is 5.91 Å². The van der Waals surface area contributed by atoms with Gasteiger partial charge in [-0.05, 0) is 34.7 Å². The molecule has 1 atom stereocenters. The molecule has 1 aliphatic rings. The number of carbonyl (C=O) groups is 2. The maximum absolute atomic E-state index is 13.2. The Bertz CT molecular complexity index is 1020. The van der Waals surface area contributed by atoms with Crippen LogP contribution in [-0.4, -0.2) is 52.3 Å². The van der Waals surface area contributed by atoms with E-state index in [1.807, 2.05) is 18.2 Å². The molecule has 0 aliphatic carbocycles. The highest BCUT2D eigenvalue weighted by Gasteiger charge is 2.37. The van der Waals surface area contributed by atoms with E-state index in [1.165, 1.54) is 4.88 Å². The minimum absolute atomic E-state index is 0.0484. The van der Waals surface area contributed by atoms with Gasteiger partial charge in [0.15, 0.2) is 0 Å². The lowest BCUT2D eigenvalue weighted by Gasteiger charge is -2.40. The van der Waals surface area contributed by atoms with Crippen molar-refractivity contribution in [1.82, 2.24) is 14.8 Å². The van der Waals surface area contributed by atoms with E-state index < -0.39 is 6.04 Å². The number of thiophene rings is 1. The number of hydrogen-bond donors (Lipinski definition) is 0. The van der Waals surface area contributed by atoms with Crippen LogP contribution in [0.2, 0.25) is 0 Å². The lowest BCUT2D eigenvalue weighted by atomic mass is 9.99. The molecule has 0 unspecified atom stereocenters. The first-order valence-corrected chi connectivity index (χ1v) is 10.8. The number of carbonyl (C=O) groups excluding carboxylic acids is 2. The summed E-state index contributed by atoms with van der Waals surface area (Å²) in [6.45, 7) is 5.21. The fourth-order valence-electron chi connectivity index (χ4n) is 3.72. The van der Waals surface area contributed by atoms with Crippen LogP contribution in [-0.2, 0) is 11.2 Å². The Labute approximate surface area is 180 Å². The van der Waals surface area contributed by atoms with E-state index >= 15 is 0 Å². The van der Waals surface area contributed by atoms with Crippen molar-refractivity contribution in [3.05, 3.63) is 90.1 Å². The fourth-order valence-corrected chi connectivity index (χ4v) is 4.46. The monoisotopic (exact) mass is 417 g/mol. The summed E-state index contributed by atoms with van der Waals surface area (Å²) in [5.41, 5.74) is 2.53. The van der Waals surface area contributed by atoms with Gasteiger partial charge in [0, 0.05) is 37.1 Å². The molecular weight excluding hydrogens is 394 g/mol. The quantitative estimate of drug-likeness (QED) is 0.572. The van der Waals surface area contributed by atoms with Crippen LogP contribution in [0.5, 0.6) is 0 Å². The summed E-state index contributed by atoms with van der Waals surface area (Å²) in [5, 5.41) is 2.05. The zero-order chi connectivity index (χ0) is 20.9. The van der Waals surface area contributed by atoms with Gasteiger partial charge in [-0.25, -0.2) is 0 Å². The van der Waals surface area contributed by atoms with E-state index in [-0.39, 0.29) is 11.8 Å². The standard InChI is InChI=1S/C24H23N3O2S/c1-2-13-26-14-15-27(23(28)20-6-3-4-12-25-20)21(24(26)29)17-18-8-10-19(11-9-18)22-7-5-16-30-22/h2-12,16,21H,1,13-15,17H2/t21-/m0/s1. The van der Waals surface area contributed by atoms with Gasteiger partial charge in [-0.15, -0.1) is 17.9 Å². The molecule has 2 amide bonds. The van der Waals surface area contributed by atoms with Crippen LogP contribution in [0.25, 0.3) is 10.4 Å². The highest BCUT2D eigenvalue weighted by Crippen LogP contribution is 2.26. The minimum Gasteiger partial charge on any atom is -0.335 e. The third-order valence-electron chi connectivity index (χ3n) is 5.27. The van der Waals surface area contributed by atoms with Crippen LogP contribution in [0, 0.1) is 0 Å². The number of benzene rings is 1. The van der Waals surface area contributed by atoms with Gasteiger partial charge in [0.1, 0.15) is 11.7 Å². The van der Waals surface area contributed by atoms with Crippen LogP contribution in [0.4, 0.5) is 0 Å². The summed E-state index contributed by atoms with van der Waals surface area (Å²) in [7, 11) is 0. The minimum atomic E-state index is -0.555. The molecule has 1 saturated heterocycles. The van der Waals surface area contributed by atoms with Crippen molar-refractivity contribution in [3.63, 3.8) is 0 Å². The smallest absolute Gasteiger partial charge is 0.273 e. The van der Waals surface area contributed by atoms with Gasteiger partial charge in [-0.1, -0.05) is 42.5 Å². The van der Waals surface area contributed by atoms with E-state index in [9.17, 15) is 9.59 Å². The predicted octanol–water partition coefficient (Wildman–Crippen LogP) is 3.89. The van der Waals surface area contributed by atoms with Gasteiger partial charge >= 0.3 is 0 Å². The van der Waals surface area contributed by atoms with Crippen LogP contribution in [0.1, 0.15) is 16.1 Å². The van der Waals surface area contributed by atoms with Crippen LogP contribution >= 0.6 is 11.3 Å². The molecule has 1 aliphatic heterocycles. The summed E-state index contributed by atoms with van der Waals surface area (Å²) in [6, 6.07) is 17.0. The van der Waals surface area contributed by atoms with E-state index in [1.54, 1.807) is 51.6 Å². The number of nitrogens with zero attached hydrogens (tertiary/aromatic N) is 3. The highest BCUT2D eigenvalue weighted by molar-refractivity contribution is 7.13. The number of hydrogen-bond acceptors (Lipinski definition) is 4. The topological polar surface area (TPSA) is 53.5 Å². The van der Waals surface area contributed by atoms with Crippen LogP contribution in [0.15, 0.2) is 78.8 Å². The number of piperazine rings is 1. The maximum Gasteiger partial charge on any atom is 0.273 e. The Kier molecular flexibility index (Phi) is 6.05. The van der Waals surface area contributed by atoms with Crippen molar-refractivity contribution in [2.45, 2.75) is 12.5 Å². The molecule has 6 heteroatoms. The molecule has 1 aromatic carbocycles. The number of pyridine rings is 1. The lowest BCUT2D eigenvalue weighted by Crippen LogP contribution is -2.59. The molecule has 0 bridgehead atoms. The van der Waals surface area contributed by atoms with Crippen LogP contribution < -0.4 is 0 Å². The SMILES string of the molecule is C=CCN1CCN(C(=O)c2ccccn2)[C@@H](Cc2ccc(-c3cccs3)cc2)C1=O. The highest BCUT2D eigenvalue weighted by atomic mass is 32.1. The van der Waals surface area contributed by atoms with Crippen molar-refractivity contribution in [2.24, 2.45) is 0 Å². The number of amides is 2. The van der Waals surface area contributed by atoms with Crippen molar-refractivity contribution in [1.29, 1.82) is 0 Å². The first-order chi connectivity index (χ1) is 14.7. The normalized spacial score (nSPS) is 16.5. The van der Waals surface area contributed by atoms with Crippen molar-refractivity contribution >= 4 is 23.2 Å². The van der Waals surface area contributed by atoms with E-state index in [4.69, 9.17) is 0 Å². The Morgan fingerprint density at radius 2 is 1.97 bits per heavy atom. The second-order valence-corrected chi connectivity index (χ2v) is 8.13. The maximum atomic E-state index is 13.2. The molecule has 30 heavy (non-hydrogen) atoms. The van der Waals surface area contributed by atoms with Gasteiger partial charge in [-0.2, -0.15) is 0 Å². The average molecular weight is 418 g/mol. The van der Waals surface area contributed by atoms with Gasteiger partial charge in [-0.3, -0.25) is 14.6 Å².